The van der Waals surface area contributed by atoms with Gasteiger partial charge in [0.1, 0.15) is 0 Å². The Labute approximate surface area is 93.1 Å². The molecule has 0 atom stereocenters. The van der Waals surface area contributed by atoms with Crippen molar-refractivity contribution in [2.75, 3.05) is 0 Å². The first-order valence-corrected chi connectivity index (χ1v) is 5.14. The summed E-state index contributed by atoms with van der Waals surface area (Å²) in [5.41, 5.74) is 4.44. The predicted octanol–water partition coefficient (Wildman–Crippen LogP) is 1.97. The van der Waals surface area contributed by atoms with E-state index in [1.165, 1.54) is 0 Å². The van der Waals surface area contributed by atoms with Gasteiger partial charge in [0, 0.05) is 25.9 Å². The summed E-state index contributed by atoms with van der Waals surface area (Å²) >= 11 is 0. The maximum absolute atomic E-state index is 4.35. The second-order valence-electron chi connectivity index (χ2n) is 3.96. The van der Waals surface area contributed by atoms with Crippen molar-refractivity contribution in [3.63, 3.8) is 0 Å². The minimum absolute atomic E-state index is 1.02. The van der Waals surface area contributed by atoms with E-state index in [9.17, 15) is 0 Å². The lowest BCUT2D eigenvalue weighted by atomic mass is 10.1. The highest BCUT2D eigenvalue weighted by atomic mass is 15.2. The Balaban J connectivity index is 2.18. The van der Waals surface area contributed by atoms with Gasteiger partial charge in [-0.05, 0) is 17.7 Å². The van der Waals surface area contributed by atoms with Crippen molar-refractivity contribution in [1.82, 2.24) is 19.3 Å². The fourth-order valence-corrected chi connectivity index (χ4v) is 1.89. The summed E-state index contributed by atoms with van der Waals surface area (Å²) in [5.74, 6) is 0. The minimum Gasteiger partial charge on any atom is -0.334 e. The number of fused-ring (bicyclic) bond motifs is 1. The van der Waals surface area contributed by atoms with Gasteiger partial charge in [-0.25, -0.2) is 4.98 Å². The smallest absolute Gasteiger partial charge is 0.0955 e. The maximum atomic E-state index is 4.35. The predicted molar refractivity (Wildman–Crippen MR) is 62.9 cm³/mol. The van der Waals surface area contributed by atoms with E-state index in [0.717, 1.165) is 22.2 Å². The van der Waals surface area contributed by atoms with Crippen molar-refractivity contribution < 1.29 is 0 Å². The molecule has 0 amide bonds. The third-order valence-electron chi connectivity index (χ3n) is 2.76. The van der Waals surface area contributed by atoms with Gasteiger partial charge in [0.15, 0.2) is 0 Å². The summed E-state index contributed by atoms with van der Waals surface area (Å²) in [5, 5.41) is 4.17. The van der Waals surface area contributed by atoms with Crippen LogP contribution < -0.4 is 0 Å². The Bertz CT molecular complexity index is 648. The number of hydrogen-bond donors (Lipinski definition) is 0. The summed E-state index contributed by atoms with van der Waals surface area (Å²) in [4.78, 5) is 4.35. The van der Waals surface area contributed by atoms with E-state index < -0.39 is 0 Å². The summed E-state index contributed by atoms with van der Waals surface area (Å²) in [6.45, 7) is 0. The molecule has 0 aliphatic rings. The van der Waals surface area contributed by atoms with Crippen LogP contribution in [0.5, 0.6) is 0 Å². The molecule has 0 radical (unpaired) electrons. The first-order valence-electron chi connectivity index (χ1n) is 5.14. The summed E-state index contributed by atoms with van der Waals surface area (Å²) < 4.78 is 3.82. The van der Waals surface area contributed by atoms with Gasteiger partial charge in [0.2, 0.25) is 0 Å². The molecule has 0 aliphatic carbocycles. The Kier molecular flexibility index (Phi) is 1.83. The van der Waals surface area contributed by atoms with Crippen LogP contribution in [0.1, 0.15) is 0 Å². The van der Waals surface area contributed by atoms with E-state index >= 15 is 0 Å². The zero-order valence-electron chi connectivity index (χ0n) is 9.25. The highest BCUT2D eigenvalue weighted by Crippen LogP contribution is 2.22. The molecule has 80 valence electrons. The van der Waals surface area contributed by atoms with E-state index in [2.05, 4.69) is 28.3 Å². The molecule has 3 aromatic rings. The molecule has 0 fully saturated rings. The monoisotopic (exact) mass is 212 g/mol. The van der Waals surface area contributed by atoms with Crippen LogP contribution in [0, 0.1) is 0 Å². The number of aromatic nitrogens is 4. The van der Waals surface area contributed by atoms with Crippen molar-refractivity contribution in [2.45, 2.75) is 0 Å². The lowest BCUT2D eigenvalue weighted by Crippen LogP contribution is -1.84. The number of imidazole rings is 1. The summed E-state index contributed by atoms with van der Waals surface area (Å²) in [7, 11) is 3.92. The Morgan fingerprint density at radius 1 is 1.12 bits per heavy atom. The summed E-state index contributed by atoms with van der Waals surface area (Å²) in [6, 6.07) is 6.28. The zero-order valence-corrected chi connectivity index (χ0v) is 9.25. The molecule has 2 heterocycles. The average molecular weight is 212 g/mol. The second kappa shape index (κ2) is 3.20. The fraction of sp³-hybridized carbons (Fsp3) is 0.167. The number of nitrogens with zero attached hydrogens (tertiary/aromatic N) is 4. The third kappa shape index (κ3) is 1.31. The van der Waals surface area contributed by atoms with Crippen molar-refractivity contribution in [3.05, 3.63) is 36.9 Å². The van der Waals surface area contributed by atoms with Crippen LogP contribution in [0.3, 0.4) is 0 Å². The first-order chi connectivity index (χ1) is 7.74. The molecule has 0 bridgehead atoms. The standard InChI is InChI=1S/C12H12N4/c1-15-8-13-11-5-9(3-4-12(11)15)10-6-14-16(2)7-10/h3-8H,1-2H3. The van der Waals surface area contributed by atoms with Crippen molar-refractivity contribution in [1.29, 1.82) is 0 Å². The molecule has 16 heavy (non-hydrogen) atoms. The molecule has 0 saturated carbocycles. The van der Waals surface area contributed by atoms with Crippen LogP contribution in [0.2, 0.25) is 0 Å². The molecule has 0 aliphatic heterocycles. The van der Waals surface area contributed by atoms with Gasteiger partial charge in [-0.3, -0.25) is 4.68 Å². The molecular formula is C12H12N4. The molecule has 0 unspecified atom stereocenters. The molecule has 0 spiro atoms. The molecule has 4 nitrogen and oxygen atoms in total. The van der Waals surface area contributed by atoms with E-state index in [1.807, 2.05) is 37.4 Å². The number of hydrogen-bond acceptors (Lipinski definition) is 2. The minimum atomic E-state index is 1.02. The fourth-order valence-electron chi connectivity index (χ4n) is 1.89. The topological polar surface area (TPSA) is 35.6 Å². The van der Waals surface area contributed by atoms with Crippen molar-refractivity contribution in [2.24, 2.45) is 14.1 Å². The van der Waals surface area contributed by atoms with Gasteiger partial charge < -0.3 is 4.57 Å². The van der Waals surface area contributed by atoms with E-state index in [4.69, 9.17) is 0 Å². The summed E-state index contributed by atoms with van der Waals surface area (Å²) in [6.07, 6.45) is 5.70. The van der Waals surface area contributed by atoms with Crippen molar-refractivity contribution in [3.8, 4) is 11.1 Å². The van der Waals surface area contributed by atoms with Crippen LogP contribution in [0.15, 0.2) is 36.9 Å². The number of rotatable bonds is 1. The lowest BCUT2D eigenvalue weighted by Gasteiger charge is -1.98. The van der Waals surface area contributed by atoms with Crippen LogP contribution in [-0.4, -0.2) is 19.3 Å². The second-order valence-corrected chi connectivity index (χ2v) is 3.96. The van der Waals surface area contributed by atoms with E-state index in [0.29, 0.717) is 0 Å². The van der Waals surface area contributed by atoms with Crippen molar-refractivity contribution >= 4 is 11.0 Å². The normalized spacial score (nSPS) is 11.1. The van der Waals surface area contributed by atoms with E-state index in [1.54, 1.807) is 4.68 Å². The van der Waals surface area contributed by atoms with Gasteiger partial charge in [0.25, 0.3) is 0 Å². The van der Waals surface area contributed by atoms with Gasteiger partial charge in [-0.1, -0.05) is 6.07 Å². The van der Waals surface area contributed by atoms with Crippen LogP contribution >= 0.6 is 0 Å². The number of aryl methyl sites for hydroxylation is 2. The lowest BCUT2D eigenvalue weighted by molar-refractivity contribution is 0.768. The maximum Gasteiger partial charge on any atom is 0.0955 e. The molecule has 0 N–H and O–H groups in total. The van der Waals surface area contributed by atoms with Crippen LogP contribution in [0.25, 0.3) is 22.2 Å². The molecule has 1 aromatic carbocycles. The molecule has 4 heteroatoms. The molecule has 2 aromatic heterocycles. The average Bonchev–Trinajstić information content (AvgIpc) is 2.86. The third-order valence-corrected chi connectivity index (χ3v) is 2.76. The highest BCUT2D eigenvalue weighted by molar-refractivity contribution is 5.81. The Hall–Kier alpha value is -2.10. The molecular weight excluding hydrogens is 200 g/mol. The Morgan fingerprint density at radius 3 is 2.75 bits per heavy atom. The van der Waals surface area contributed by atoms with Gasteiger partial charge in [-0.15, -0.1) is 0 Å². The quantitative estimate of drug-likeness (QED) is 0.618. The van der Waals surface area contributed by atoms with Gasteiger partial charge >= 0.3 is 0 Å². The molecule has 0 saturated heterocycles. The highest BCUT2D eigenvalue weighted by Gasteiger charge is 2.04. The van der Waals surface area contributed by atoms with Crippen LogP contribution in [0.4, 0.5) is 0 Å². The van der Waals surface area contributed by atoms with E-state index in [-0.39, 0.29) is 0 Å². The van der Waals surface area contributed by atoms with Gasteiger partial charge in [-0.2, -0.15) is 5.10 Å². The zero-order chi connectivity index (χ0) is 11.1. The van der Waals surface area contributed by atoms with Gasteiger partial charge in [0.05, 0.1) is 23.6 Å². The first kappa shape index (κ1) is 9.15. The largest absolute Gasteiger partial charge is 0.334 e. The molecule has 3 rings (SSSR count). The van der Waals surface area contributed by atoms with Crippen LogP contribution in [-0.2, 0) is 14.1 Å². The SMILES string of the molecule is Cn1cc(-c2ccc3c(c2)ncn3C)cn1. The number of benzene rings is 1. The Morgan fingerprint density at radius 2 is 2.00 bits per heavy atom.